The van der Waals surface area contributed by atoms with Gasteiger partial charge in [-0.15, -0.1) is 0 Å². The molecule has 11 rings (SSSR count). The number of nitrogens with zero attached hydrogens (tertiary/aromatic N) is 6. The zero-order chi connectivity index (χ0) is 43.5. The minimum absolute atomic E-state index is 0.0523. The molecule has 3 aromatic heterocycles. The van der Waals surface area contributed by atoms with E-state index >= 15 is 13.2 Å². The second-order valence-corrected chi connectivity index (χ2v) is 15.5. The smallest absolute Gasteiger partial charge is 0.309 e. The van der Waals surface area contributed by atoms with Crippen LogP contribution in [-0.4, -0.2) is 19.1 Å². The van der Waals surface area contributed by atoms with Gasteiger partial charge in [0.05, 0.1) is 68.0 Å². The maximum Gasteiger partial charge on any atom is 0.417 e. The van der Waals surface area contributed by atoms with Gasteiger partial charge in [0, 0.05) is 49.5 Å². The minimum Gasteiger partial charge on any atom is -0.309 e. The first-order valence-electron chi connectivity index (χ1n) is 20.5. The molecule has 0 unspecified atom stereocenters. The van der Waals surface area contributed by atoms with Crippen molar-refractivity contribution in [2.24, 2.45) is 0 Å². The number of alkyl halides is 3. The van der Waals surface area contributed by atoms with Crippen LogP contribution in [0, 0.1) is 22.7 Å². The Morgan fingerprint density at radius 2 is 0.938 bits per heavy atom. The Bertz CT molecular complexity index is 3680. The average molecular weight is 833 g/mol. The van der Waals surface area contributed by atoms with E-state index in [0.717, 1.165) is 60.8 Å². The van der Waals surface area contributed by atoms with Crippen molar-refractivity contribution in [2.75, 3.05) is 0 Å². The largest absolute Gasteiger partial charge is 0.417 e. The fourth-order valence-electron chi connectivity index (χ4n) is 8.94. The number of nitriles is 2. The quantitative estimate of drug-likeness (QED) is 0.167. The number of hydrogen-bond donors (Lipinski definition) is 0. The lowest BCUT2D eigenvalue weighted by molar-refractivity contribution is -0.137. The normalized spacial score (nSPS) is 11.6. The highest BCUT2D eigenvalue weighted by Crippen LogP contribution is 2.45. The standard InChI is InChI=1S/C55H31F3N6/c56-55(57,58)46-23-22-39(63-49-17-9-7-15-40(49)43-27-34(32-59)19-24-51(43)63)30-42(46)45-29-38(54-61-47(36-11-3-1-4-12-36)31-48(62-54)37-13-5-2-6-14-37)21-26-53(45)64-50-18-10-8-16-41(50)44-28-35(33-60)20-25-52(44)64/h1-31H. The molecule has 6 nitrogen and oxygen atoms in total. The molecule has 0 fully saturated rings. The lowest BCUT2D eigenvalue weighted by Crippen LogP contribution is -2.10. The summed E-state index contributed by atoms with van der Waals surface area (Å²) in [6.45, 7) is 0. The van der Waals surface area contributed by atoms with Crippen LogP contribution in [0.2, 0.25) is 0 Å². The maximum absolute atomic E-state index is 15.7. The van der Waals surface area contributed by atoms with Gasteiger partial charge in [0.2, 0.25) is 0 Å². The molecule has 0 bridgehead atoms. The van der Waals surface area contributed by atoms with Gasteiger partial charge in [-0.2, -0.15) is 23.7 Å². The van der Waals surface area contributed by atoms with Crippen LogP contribution < -0.4 is 0 Å². The number of rotatable bonds is 6. The molecule has 9 heteroatoms. The summed E-state index contributed by atoms with van der Waals surface area (Å²) in [5, 5.41) is 23.0. The lowest BCUT2D eigenvalue weighted by atomic mass is 9.94. The topological polar surface area (TPSA) is 83.2 Å². The SMILES string of the molecule is N#Cc1ccc2c(c1)c1ccccc1n2-c1ccc(C(F)(F)F)c(-c2cc(-c3nc(-c4ccccc4)cc(-c4ccccc4)n3)ccc2-n2c3ccccc3c3cc(C#N)ccc32)c1. The van der Waals surface area contributed by atoms with E-state index in [0.29, 0.717) is 50.8 Å². The number of fused-ring (bicyclic) bond motifs is 6. The molecule has 0 amide bonds. The molecule has 0 saturated heterocycles. The molecule has 302 valence electrons. The van der Waals surface area contributed by atoms with Crippen LogP contribution in [0.4, 0.5) is 13.2 Å². The number of benzene rings is 8. The fraction of sp³-hybridized carbons (Fsp3) is 0.0182. The van der Waals surface area contributed by atoms with Gasteiger partial charge in [0.1, 0.15) is 0 Å². The summed E-state index contributed by atoms with van der Waals surface area (Å²) >= 11 is 0. The summed E-state index contributed by atoms with van der Waals surface area (Å²) in [5.74, 6) is 0.342. The highest BCUT2D eigenvalue weighted by Gasteiger charge is 2.35. The van der Waals surface area contributed by atoms with Crippen molar-refractivity contribution in [3.8, 4) is 68.5 Å². The fourth-order valence-corrected chi connectivity index (χ4v) is 8.94. The lowest BCUT2D eigenvalue weighted by Gasteiger charge is -2.21. The van der Waals surface area contributed by atoms with Crippen LogP contribution in [-0.2, 0) is 6.18 Å². The molecular formula is C55H31F3N6. The van der Waals surface area contributed by atoms with Crippen molar-refractivity contribution in [1.29, 1.82) is 10.5 Å². The molecule has 8 aromatic carbocycles. The predicted octanol–water partition coefficient (Wildman–Crippen LogP) is 14.1. The van der Waals surface area contributed by atoms with Crippen molar-refractivity contribution in [1.82, 2.24) is 19.1 Å². The van der Waals surface area contributed by atoms with Gasteiger partial charge in [-0.1, -0.05) is 97.1 Å². The summed E-state index contributed by atoms with van der Waals surface area (Å²) in [5.41, 5.74) is 7.94. The van der Waals surface area contributed by atoms with E-state index < -0.39 is 11.7 Å². The molecule has 0 radical (unpaired) electrons. The number of hydrogen-bond acceptors (Lipinski definition) is 4. The summed E-state index contributed by atoms with van der Waals surface area (Å²) in [7, 11) is 0. The van der Waals surface area contributed by atoms with E-state index in [2.05, 4.69) is 12.1 Å². The maximum atomic E-state index is 15.7. The Morgan fingerprint density at radius 3 is 1.50 bits per heavy atom. The summed E-state index contributed by atoms with van der Waals surface area (Å²) in [6, 6.07) is 61.7. The van der Waals surface area contributed by atoms with Crippen LogP contribution in [0.3, 0.4) is 0 Å². The van der Waals surface area contributed by atoms with Crippen LogP contribution in [0.25, 0.3) is 100 Å². The van der Waals surface area contributed by atoms with Crippen molar-refractivity contribution in [2.45, 2.75) is 6.18 Å². The van der Waals surface area contributed by atoms with E-state index in [-0.39, 0.29) is 5.56 Å². The zero-order valence-corrected chi connectivity index (χ0v) is 33.7. The van der Waals surface area contributed by atoms with Crippen LogP contribution in [0.5, 0.6) is 0 Å². The van der Waals surface area contributed by atoms with Crippen LogP contribution >= 0.6 is 0 Å². The Hall–Kier alpha value is -8.79. The van der Waals surface area contributed by atoms with Gasteiger partial charge in [0.15, 0.2) is 5.82 Å². The molecule has 0 aliphatic rings. The number of para-hydroxylation sites is 2. The molecule has 3 heterocycles. The van der Waals surface area contributed by atoms with Crippen molar-refractivity contribution < 1.29 is 13.2 Å². The van der Waals surface area contributed by atoms with Gasteiger partial charge in [-0.25, -0.2) is 9.97 Å². The Labute approximate surface area is 364 Å². The molecule has 0 atom stereocenters. The molecular weight excluding hydrogens is 802 g/mol. The van der Waals surface area contributed by atoms with E-state index in [1.165, 1.54) is 6.07 Å². The third-order valence-corrected chi connectivity index (χ3v) is 11.8. The Kier molecular flexibility index (Phi) is 8.93. The van der Waals surface area contributed by atoms with E-state index in [9.17, 15) is 10.5 Å². The van der Waals surface area contributed by atoms with E-state index in [1.807, 2.05) is 161 Å². The van der Waals surface area contributed by atoms with Gasteiger partial charge < -0.3 is 9.13 Å². The van der Waals surface area contributed by atoms with Gasteiger partial charge in [-0.05, 0) is 96.6 Å². The van der Waals surface area contributed by atoms with Crippen molar-refractivity contribution in [3.63, 3.8) is 0 Å². The predicted molar refractivity (Wildman–Crippen MR) is 247 cm³/mol. The van der Waals surface area contributed by atoms with Gasteiger partial charge in [0.25, 0.3) is 0 Å². The summed E-state index contributed by atoms with van der Waals surface area (Å²) < 4.78 is 50.9. The minimum atomic E-state index is -4.75. The van der Waals surface area contributed by atoms with Gasteiger partial charge in [-0.3, -0.25) is 0 Å². The number of halogens is 3. The molecule has 11 aromatic rings. The van der Waals surface area contributed by atoms with Crippen LogP contribution in [0.1, 0.15) is 16.7 Å². The van der Waals surface area contributed by atoms with E-state index in [1.54, 1.807) is 24.3 Å². The number of aromatic nitrogens is 4. The highest BCUT2D eigenvalue weighted by atomic mass is 19.4. The summed E-state index contributed by atoms with van der Waals surface area (Å²) in [6.07, 6.45) is -4.75. The second-order valence-electron chi connectivity index (χ2n) is 15.5. The van der Waals surface area contributed by atoms with Crippen molar-refractivity contribution in [3.05, 3.63) is 205 Å². The molecule has 0 spiro atoms. The molecule has 0 saturated carbocycles. The molecule has 0 N–H and O–H groups in total. The first kappa shape index (κ1) is 38.2. The van der Waals surface area contributed by atoms with Gasteiger partial charge >= 0.3 is 6.18 Å². The molecule has 0 aliphatic heterocycles. The zero-order valence-electron chi connectivity index (χ0n) is 33.7. The third-order valence-electron chi connectivity index (χ3n) is 11.8. The Morgan fingerprint density at radius 1 is 0.422 bits per heavy atom. The first-order chi connectivity index (χ1) is 31.3. The Balaban J connectivity index is 1.24. The van der Waals surface area contributed by atoms with E-state index in [4.69, 9.17) is 9.97 Å². The van der Waals surface area contributed by atoms with Crippen molar-refractivity contribution >= 4 is 43.6 Å². The molecule has 64 heavy (non-hydrogen) atoms. The molecule has 0 aliphatic carbocycles. The van der Waals surface area contributed by atoms with Crippen LogP contribution in [0.15, 0.2) is 188 Å². The second kappa shape index (κ2) is 15.0. The third kappa shape index (κ3) is 6.34. The first-order valence-corrected chi connectivity index (χ1v) is 20.5. The summed E-state index contributed by atoms with van der Waals surface area (Å²) in [4.78, 5) is 10.1. The monoisotopic (exact) mass is 832 g/mol. The highest BCUT2D eigenvalue weighted by molar-refractivity contribution is 6.11. The average Bonchev–Trinajstić information content (AvgIpc) is 3.85.